The Morgan fingerprint density at radius 3 is 2.13 bits per heavy atom. The maximum atomic E-state index is 13.7. The molecular formula is C20H21F2N3O5S. The van der Waals surface area contributed by atoms with E-state index in [2.05, 4.69) is 0 Å². The molecule has 2 atom stereocenters. The van der Waals surface area contributed by atoms with Crippen molar-refractivity contribution in [3.8, 4) is 0 Å². The van der Waals surface area contributed by atoms with Crippen LogP contribution < -0.4 is 4.72 Å². The number of rotatable bonds is 6. The maximum absolute atomic E-state index is 13.7. The van der Waals surface area contributed by atoms with Crippen LogP contribution in [0.1, 0.15) is 19.3 Å². The molecule has 1 N–H and O–H groups in total. The highest BCUT2D eigenvalue weighted by Gasteiger charge is 2.52. The number of carbonyl (C=O) groups excluding carboxylic acids is 3. The van der Waals surface area contributed by atoms with Gasteiger partial charge in [0.15, 0.2) is 4.90 Å². The summed E-state index contributed by atoms with van der Waals surface area (Å²) in [5, 5.41) is 0. The van der Waals surface area contributed by atoms with Crippen molar-refractivity contribution in [3.05, 3.63) is 42.0 Å². The average Bonchev–Trinajstić information content (AvgIpc) is 2.92. The predicted octanol–water partition coefficient (Wildman–Crippen LogP) is 0.795. The van der Waals surface area contributed by atoms with Crippen LogP contribution >= 0.6 is 0 Å². The van der Waals surface area contributed by atoms with Crippen molar-refractivity contribution in [3.63, 3.8) is 0 Å². The zero-order valence-corrected chi connectivity index (χ0v) is 17.3. The number of imide groups is 1. The van der Waals surface area contributed by atoms with Gasteiger partial charge in [0.05, 0.1) is 17.9 Å². The molecule has 11 heteroatoms. The van der Waals surface area contributed by atoms with Crippen LogP contribution in [-0.4, -0.2) is 61.6 Å². The second kappa shape index (κ2) is 8.12. The van der Waals surface area contributed by atoms with Gasteiger partial charge in [-0.15, -0.1) is 0 Å². The number of likely N-dealkylation sites (tertiary alicyclic amines) is 2. The number of hydrogen-bond donors (Lipinski definition) is 1. The van der Waals surface area contributed by atoms with Gasteiger partial charge in [0.1, 0.15) is 11.6 Å². The summed E-state index contributed by atoms with van der Waals surface area (Å²) < 4.78 is 53.7. The molecule has 3 amide bonds. The highest BCUT2D eigenvalue weighted by molar-refractivity contribution is 7.89. The molecule has 1 aromatic rings. The number of benzene rings is 1. The third kappa shape index (κ3) is 3.87. The molecule has 3 aliphatic rings. The quantitative estimate of drug-likeness (QED) is 0.507. The van der Waals surface area contributed by atoms with Crippen LogP contribution in [-0.2, 0) is 24.4 Å². The lowest BCUT2D eigenvalue weighted by Crippen LogP contribution is -2.62. The predicted molar refractivity (Wildman–Crippen MR) is 104 cm³/mol. The van der Waals surface area contributed by atoms with Gasteiger partial charge in [0, 0.05) is 26.1 Å². The lowest BCUT2D eigenvalue weighted by molar-refractivity contribution is -0.152. The number of nitrogens with one attached hydrogen (secondary N) is 1. The Kier molecular flexibility index (Phi) is 5.65. The third-order valence-corrected chi connectivity index (χ3v) is 7.45. The summed E-state index contributed by atoms with van der Waals surface area (Å²) >= 11 is 0. The van der Waals surface area contributed by atoms with E-state index in [-0.39, 0.29) is 61.7 Å². The molecular weight excluding hydrogens is 432 g/mol. The standard InChI is InChI=1S/C20H21F2N3O5S/c21-15-6-3-7-16(22)18(15)31(29,30)23-9-8-17(26)24-10-12(11-24)25-19(27)13-4-1-2-5-14(13)20(25)28/h1-3,6-7,12-14,23H,4-5,8-11H2. The van der Waals surface area contributed by atoms with E-state index in [1.807, 2.05) is 16.9 Å². The fourth-order valence-corrected chi connectivity index (χ4v) is 5.43. The van der Waals surface area contributed by atoms with Crippen molar-refractivity contribution in [2.24, 2.45) is 11.8 Å². The van der Waals surface area contributed by atoms with E-state index in [0.717, 1.165) is 18.2 Å². The maximum Gasteiger partial charge on any atom is 0.246 e. The minimum Gasteiger partial charge on any atom is -0.338 e. The molecule has 0 aromatic heterocycles. The van der Waals surface area contributed by atoms with Crippen LogP contribution in [0.2, 0.25) is 0 Å². The zero-order chi connectivity index (χ0) is 22.3. The van der Waals surface area contributed by atoms with E-state index in [1.165, 1.54) is 9.80 Å². The summed E-state index contributed by atoms with van der Waals surface area (Å²) in [4.78, 5) is 39.0. The van der Waals surface area contributed by atoms with Crippen LogP contribution in [0.4, 0.5) is 8.78 Å². The van der Waals surface area contributed by atoms with Crippen LogP contribution in [0.3, 0.4) is 0 Å². The van der Waals surface area contributed by atoms with E-state index >= 15 is 0 Å². The Hall–Kier alpha value is -2.66. The average molecular weight is 453 g/mol. The van der Waals surface area contributed by atoms with Gasteiger partial charge in [0.25, 0.3) is 0 Å². The van der Waals surface area contributed by atoms with Gasteiger partial charge in [-0.05, 0) is 25.0 Å². The summed E-state index contributed by atoms with van der Waals surface area (Å²) in [6.45, 7) is 0.0449. The van der Waals surface area contributed by atoms with Gasteiger partial charge >= 0.3 is 0 Å². The van der Waals surface area contributed by atoms with Gasteiger partial charge in [-0.25, -0.2) is 21.9 Å². The smallest absolute Gasteiger partial charge is 0.246 e. The first-order chi connectivity index (χ1) is 14.7. The molecule has 4 rings (SSSR count). The van der Waals surface area contributed by atoms with Crippen molar-refractivity contribution >= 4 is 27.7 Å². The van der Waals surface area contributed by atoms with Gasteiger partial charge < -0.3 is 4.90 Å². The molecule has 31 heavy (non-hydrogen) atoms. The topological polar surface area (TPSA) is 104 Å². The second-order valence-corrected chi connectivity index (χ2v) is 9.56. The number of sulfonamides is 1. The molecule has 2 unspecified atom stereocenters. The Morgan fingerprint density at radius 2 is 1.58 bits per heavy atom. The SMILES string of the molecule is O=C(CCNS(=O)(=O)c1c(F)cccc1F)N1CC(N2C(=O)C3CC=CCC3C2=O)C1. The Labute approximate surface area is 177 Å². The van der Waals surface area contributed by atoms with Crippen molar-refractivity contribution in [1.82, 2.24) is 14.5 Å². The fraction of sp³-hybridized carbons (Fsp3) is 0.450. The molecule has 2 fully saturated rings. The summed E-state index contributed by atoms with van der Waals surface area (Å²) in [6.07, 6.45) is 4.67. The number of amides is 3. The molecule has 0 saturated carbocycles. The minimum atomic E-state index is -4.46. The highest BCUT2D eigenvalue weighted by atomic mass is 32.2. The van der Waals surface area contributed by atoms with Crippen LogP contribution in [0, 0.1) is 23.5 Å². The number of hydrogen-bond acceptors (Lipinski definition) is 5. The van der Waals surface area contributed by atoms with Gasteiger partial charge in [-0.1, -0.05) is 18.2 Å². The first-order valence-corrected chi connectivity index (χ1v) is 11.4. The van der Waals surface area contributed by atoms with Crippen LogP contribution in [0.25, 0.3) is 0 Å². The van der Waals surface area contributed by atoms with E-state index < -0.39 is 26.6 Å². The normalized spacial score (nSPS) is 23.8. The Morgan fingerprint density at radius 1 is 1.03 bits per heavy atom. The summed E-state index contributed by atoms with van der Waals surface area (Å²) in [6, 6.07) is 2.33. The van der Waals surface area contributed by atoms with E-state index in [9.17, 15) is 31.6 Å². The minimum absolute atomic E-state index is 0.192. The van der Waals surface area contributed by atoms with Crippen molar-refractivity contribution in [2.45, 2.75) is 30.2 Å². The van der Waals surface area contributed by atoms with Gasteiger partial charge in [-0.2, -0.15) is 0 Å². The van der Waals surface area contributed by atoms with E-state index in [4.69, 9.17) is 0 Å². The number of nitrogens with zero attached hydrogens (tertiary/aromatic N) is 2. The largest absolute Gasteiger partial charge is 0.338 e. The van der Waals surface area contributed by atoms with Crippen molar-refractivity contribution in [2.75, 3.05) is 19.6 Å². The van der Waals surface area contributed by atoms with Crippen molar-refractivity contribution < 1.29 is 31.6 Å². The monoisotopic (exact) mass is 453 g/mol. The van der Waals surface area contributed by atoms with Crippen LogP contribution in [0.15, 0.2) is 35.2 Å². The molecule has 2 saturated heterocycles. The first kappa shape index (κ1) is 21.6. The summed E-state index contributed by atoms with van der Waals surface area (Å²) in [5.74, 6) is -3.87. The molecule has 166 valence electrons. The molecule has 0 radical (unpaired) electrons. The number of carbonyl (C=O) groups is 3. The third-order valence-electron chi connectivity index (χ3n) is 5.94. The lowest BCUT2D eigenvalue weighted by Gasteiger charge is -2.43. The second-order valence-electron chi connectivity index (χ2n) is 7.85. The molecule has 1 aliphatic carbocycles. The molecule has 2 heterocycles. The highest BCUT2D eigenvalue weighted by Crippen LogP contribution is 2.37. The van der Waals surface area contributed by atoms with Crippen molar-refractivity contribution in [1.29, 1.82) is 0 Å². The fourth-order valence-electron chi connectivity index (χ4n) is 4.27. The van der Waals surface area contributed by atoms with Crippen LogP contribution in [0.5, 0.6) is 0 Å². The molecule has 1 aromatic carbocycles. The Balaban J connectivity index is 1.28. The number of allylic oxidation sites excluding steroid dienone is 2. The zero-order valence-electron chi connectivity index (χ0n) is 16.5. The van der Waals surface area contributed by atoms with E-state index in [1.54, 1.807) is 0 Å². The summed E-state index contributed by atoms with van der Waals surface area (Å²) in [5.41, 5.74) is 0. The molecule has 8 nitrogen and oxygen atoms in total. The van der Waals surface area contributed by atoms with E-state index in [0.29, 0.717) is 12.8 Å². The Bertz CT molecular complexity index is 1020. The van der Waals surface area contributed by atoms with Gasteiger partial charge in [0.2, 0.25) is 27.7 Å². The molecule has 0 bridgehead atoms. The molecule has 2 aliphatic heterocycles. The van der Waals surface area contributed by atoms with Gasteiger partial charge in [-0.3, -0.25) is 19.3 Å². The lowest BCUT2D eigenvalue weighted by atomic mass is 9.85. The molecule has 0 spiro atoms. The number of fused-ring (bicyclic) bond motifs is 1. The number of halogens is 2. The first-order valence-electron chi connectivity index (χ1n) is 9.94. The summed E-state index contributed by atoms with van der Waals surface area (Å²) in [7, 11) is -4.46.